The predicted molar refractivity (Wildman–Crippen MR) is 109 cm³/mol. The number of hydrogen-bond donors (Lipinski definition) is 1. The van der Waals surface area contributed by atoms with Gasteiger partial charge in [0.25, 0.3) is 0 Å². The largest absolute Gasteiger partial charge is 0.462 e. The number of nitrogens with one attached hydrogen (secondary N) is 1. The fraction of sp³-hybridized carbons (Fsp3) is 0.300. The topological polar surface area (TPSA) is 92.8 Å². The average molecular weight is 422 g/mol. The van der Waals surface area contributed by atoms with Gasteiger partial charge < -0.3 is 10.1 Å². The van der Waals surface area contributed by atoms with Crippen molar-refractivity contribution in [3.8, 4) is 0 Å². The number of halogens is 1. The van der Waals surface area contributed by atoms with Gasteiger partial charge in [-0.3, -0.25) is 9.10 Å². The first-order chi connectivity index (χ1) is 13.6. The third kappa shape index (κ3) is 5.32. The van der Waals surface area contributed by atoms with Crippen molar-refractivity contribution in [1.82, 2.24) is 0 Å². The normalized spacial score (nSPS) is 12.2. The van der Waals surface area contributed by atoms with Crippen molar-refractivity contribution in [1.29, 1.82) is 0 Å². The minimum atomic E-state index is -3.88. The zero-order chi connectivity index (χ0) is 21.8. The maximum atomic E-state index is 13.6. The third-order valence-corrected chi connectivity index (χ3v) is 5.48. The summed E-state index contributed by atoms with van der Waals surface area (Å²) in [5.41, 5.74) is 1.16. The van der Waals surface area contributed by atoms with Gasteiger partial charge in [0.15, 0.2) is 0 Å². The van der Waals surface area contributed by atoms with Gasteiger partial charge in [-0.25, -0.2) is 17.6 Å². The monoisotopic (exact) mass is 422 g/mol. The highest BCUT2D eigenvalue weighted by Gasteiger charge is 2.30. The molecule has 0 unspecified atom stereocenters. The van der Waals surface area contributed by atoms with Crippen molar-refractivity contribution in [2.24, 2.45) is 0 Å². The van der Waals surface area contributed by atoms with Crippen molar-refractivity contribution in [2.75, 3.05) is 22.5 Å². The molecule has 0 heterocycles. The predicted octanol–water partition coefficient (Wildman–Crippen LogP) is 3.10. The molecule has 29 heavy (non-hydrogen) atoms. The maximum Gasteiger partial charge on any atom is 0.338 e. The molecule has 9 heteroatoms. The number of carbonyl (C=O) groups is 2. The van der Waals surface area contributed by atoms with Crippen molar-refractivity contribution in [3.63, 3.8) is 0 Å². The Kier molecular flexibility index (Phi) is 6.97. The highest BCUT2D eigenvalue weighted by atomic mass is 32.2. The molecule has 1 amide bonds. The van der Waals surface area contributed by atoms with Crippen LogP contribution in [0.2, 0.25) is 0 Å². The average Bonchev–Trinajstić information content (AvgIpc) is 2.62. The minimum Gasteiger partial charge on any atom is -0.462 e. The lowest BCUT2D eigenvalue weighted by Gasteiger charge is -2.28. The van der Waals surface area contributed by atoms with Crippen LogP contribution in [0.15, 0.2) is 42.5 Å². The van der Waals surface area contributed by atoms with Crippen LogP contribution in [0.3, 0.4) is 0 Å². The molecule has 0 spiro atoms. The summed E-state index contributed by atoms with van der Waals surface area (Å²) >= 11 is 0. The van der Waals surface area contributed by atoms with Crippen molar-refractivity contribution < 1.29 is 27.1 Å². The van der Waals surface area contributed by atoms with Crippen LogP contribution in [0.1, 0.15) is 29.8 Å². The molecule has 0 aliphatic heterocycles. The molecule has 156 valence electrons. The molecule has 0 saturated heterocycles. The lowest BCUT2D eigenvalue weighted by molar-refractivity contribution is -0.116. The summed E-state index contributed by atoms with van der Waals surface area (Å²) in [6.07, 6.45) is 0.939. The van der Waals surface area contributed by atoms with Crippen molar-refractivity contribution in [3.05, 3.63) is 59.4 Å². The minimum absolute atomic E-state index is 0.0344. The zero-order valence-electron chi connectivity index (χ0n) is 16.6. The van der Waals surface area contributed by atoms with Gasteiger partial charge in [0, 0.05) is 5.69 Å². The number of nitrogens with zero attached hydrogens (tertiary/aromatic N) is 1. The zero-order valence-corrected chi connectivity index (χ0v) is 17.4. The summed E-state index contributed by atoms with van der Waals surface area (Å²) in [4.78, 5) is 24.8. The molecule has 7 nitrogen and oxygen atoms in total. The Morgan fingerprint density at radius 1 is 1.21 bits per heavy atom. The van der Waals surface area contributed by atoms with Crippen LogP contribution < -0.4 is 9.62 Å². The van der Waals surface area contributed by atoms with Crippen LogP contribution in [0, 0.1) is 12.7 Å². The van der Waals surface area contributed by atoms with Crippen LogP contribution in [-0.2, 0) is 19.6 Å². The first-order valence-electron chi connectivity index (χ1n) is 8.88. The fourth-order valence-corrected chi connectivity index (χ4v) is 4.03. The van der Waals surface area contributed by atoms with E-state index >= 15 is 0 Å². The molecule has 0 fully saturated rings. The molecule has 0 aromatic heterocycles. The third-order valence-electron chi connectivity index (χ3n) is 4.24. The number of rotatable bonds is 7. The van der Waals surface area contributed by atoms with Crippen LogP contribution in [-0.4, -0.2) is 39.2 Å². The molecular formula is C20H23FN2O5S. The summed E-state index contributed by atoms with van der Waals surface area (Å²) in [5.74, 6) is -1.78. The molecule has 1 N–H and O–H groups in total. The number of carbonyl (C=O) groups excluding carboxylic acids is 2. The van der Waals surface area contributed by atoms with E-state index in [2.05, 4.69) is 5.32 Å². The Bertz CT molecular complexity index is 1020. The first-order valence-corrected chi connectivity index (χ1v) is 10.7. The van der Waals surface area contributed by atoms with Gasteiger partial charge in [-0.1, -0.05) is 12.1 Å². The Balaban J connectivity index is 2.34. The van der Waals surface area contributed by atoms with Gasteiger partial charge in [-0.2, -0.15) is 0 Å². The quantitative estimate of drug-likeness (QED) is 0.692. The Morgan fingerprint density at radius 3 is 2.45 bits per heavy atom. The second kappa shape index (κ2) is 9.04. The second-order valence-corrected chi connectivity index (χ2v) is 8.26. The molecule has 2 rings (SSSR count). The highest BCUT2D eigenvalue weighted by molar-refractivity contribution is 7.92. The van der Waals surface area contributed by atoms with Gasteiger partial charge in [-0.05, 0) is 56.7 Å². The number of amides is 1. The maximum absolute atomic E-state index is 13.6. The molecule has 2 aromatic carbocycles. The summed E-state index contributed by atoms with van der Waals surface area (Å²) in [6.45, 7) is 4.94. The lowest BCUT2D eigenvalue weighted by atomic mass is 10.1. The molecule has 0 aliphatic rings. The number of hydrogen-bond acceptors (Lipinski definition) is 5. The molecule has 1 atom stereocenters. The standard InChI is InChI=1S/C20H23FN2O5S/c1-5-28-20(25)17-10-7-11-18(13(17)2)22-19(24)14(3)23(29(4,26)27)16-9-6-8-15(21)12-16/h6-12,14H,5H2,1-4H3,(H,22,24)/t14-/m0/s1. The molecule has 0 radical (unpaired) electrons. The van der Waals surface area contributed by atoms with E-state index in [0.717, 1.165) is 16.6 Å². The number of benzene rings is 2. The number of ether oxygens (including phenoxy) is 1. The Labute approximate surface area is 169 Å². The van der Waals surface area contributed by atoms with Crippen LogP contribution in [0.5, 0.6) is 0 Å². The summed E-state index contributed by atoms with van der Waals surface area (Å²) in [6, 6.07) is 8.56. The lowest BCUT2D eigenvalue weighted by Crippen LogP contribution is -2.45. The van der Waals surface area contributed by atoms with Crippen LogP contribution in [0.25, 0.3) is 0 Å². The smallest absolute Gasteiger partial charge is 0.338 e. The molecule has 0 bridgehead atoms. The van der Waals surface area contributed by atoms with Crippen molar-refractivity contribution in [2.45, 2.75) is 26.8 Å². The molecule has 0 aliphatic carbocycles. The summed E-state index contributed by atoms with van der Waals surface area (Å²) in [7, 11) is -3.88. The second-order valence-electron chi connectivity index (χ2n) is 6.40. The fourth-order valence-electron chi connectivity index (χ4n) is 2.86. The number of esters is 1. The van der Waals surface area contributed by atoms with Crippen LogP contribution in [0.4, 0.5) is 15.8 Å². The number of sulfonamides is 1. The van der Waals surface area contributed by atoms with Gasteiger partial charge in [0.2, 0.25) is 15.9 Å². The highest BCUT2D eigenvalue weighted by Crippen LogP contribution is 2.24. The summed E-state index contributed by atoms with van der Waals surface area (Å²) < 4.78 is 44.0. The summed E-state index contributed by atoms with van der Waals surface area (Å²) in [5, 5.41) is 2.64. The van der Waals surface area contributed by atoms with Gasteiger partial charge in [0.05, 0.1) is 24.1 Å². The van der Waals surface area contributed by atoms with Gasteiger partial charge in [0.1, 0.15) is 11.9 Å². The SMILES string of the molecule is CCOC(=O)c1cccc(NC(=O)[C@H](C)N(c2cccc(F)c2)S(C)(=O)=O)c1C. The van der Waals surface area contributed by atoms with E-state index in [1.54, 1.807) is 32.0 Å². The van der Waals surface area contributed by atoms with E-state index in [0.29, 0.717) is 16.8 Å². The van der Waals surface area contributed by atoms with E-state index < -0.39 is 33.8 Å². The Hall–Kier alpha value is -2.94. The molecular weight excluding hydrogens is 399 g/mol. The molecule has 2 aromatic rings. The van der Waals surface area contributed by atoms with E-state index in [1.165, 1.54) is 25.1 Å². The van der Waals surface area contributed by atoms with Crippen molar-refractivity contribution >= 4 is 33.3 Å². The number of anilines is 2. The Morgan fingerprint density at radius 2 is 1.86 bits per heavy atom. The molecule has 0 saturated carbocycles. The van der Waals surface area contributed by atoms with Crippen LogP contribution >= 0.6 is 0 Å². The van der Waals surface area contributed by atoms with E-state index in [4.69, 9.17) is 4.74 Å². The first kappa shape index (κ1) is 22.4. The van der Waals surface area contributed by atoms with Gasteiger partial charge >= 0.3 is 5.97 Å². The van der Waals surface area contributed by atoms with E-state index in [1.807, 2.05) is 0 Å². The van der Waals surface area contributed by atoms with E-state index in [9.17, 15) is 22.4 Å². The van der Waals surface area contributed by atoms with Gasteiger partial charge in [-0.15, -0.1) is 0 Å². The van der Waals surface area contributed by atoms with E-state index in [-0.39, 0.29) is 12.3 Å².